The number of hydrogen-bond acceptors (Lipinski definition) is 5. The van der Waals surface area contributed by atoms with Gasteiger partial charge >= 0.3 is 0 Å². The number of para-hydroxylation sites is 2. The molecule has 6 rings (SSSR count). The number of ether oxygens (including phenoxy) is 1. The highest BCUT2D eigenvalue weighted by Gasteiger charge is 2.75. The molecule has 1 aromatic heterocycles. The van der Waals surface area contributed by atoms with Gasteiger partial charge in [-0.05, 0) is 36.7 Å². The smallest absolute Gasteiger partial charge is 0.250 e. The van der Waals surface area contributed by atoms with Crippen LogP contribution in [-0.2, 0) is 10.3 Å². The van der Waals surface area contributed by atoms with Gasteiger partial charge in [-0.1, -0.05) is 36.4 Å². The quantitative estimate of drug-likeness (QED) is 0.654. The van der Waals surface area contributed by atoms with E-state index in [0.29, 0.717) is 17.9 Å². The Hall–Kier alpha value is -2.96. The summed E-state index contributed by atoms with van der Waals surface area (Å²) in [6.07, 6.45) is 0. The lowest BCUT2D eigenvalue weighted by molar-refractivity contribution is -0.131. The minimum atomic E-state index is -1.12. The first-order valence-corrected chi connectivity index (χ1v) is 10.9. The van der Waals surface area contributed by atoms with E-state index >= 15 is 0 Å². The maximum Gasteiger partial charge on any atom is 0.250 e. The molecule has 0 saturated carbocycles. The highest BCUT2D eigenvalue weighted by Crippen LogP contribution is 2.64. The number of ketones is 1. The van der Waals surface area contributed by atoms with Crippen molar-refractivity contribution in [1.82, 2.24) is 4.90 Å². The lowest BCUT2D eigenvalue weighted by atomic mass is 9.58. The Balaban J connectivity index is 1.68. The molecule has 30 heavy (non-hydrogen) atoms. The number of amides is 1. The number of nitrogens with one attached hydrogen (secondary N) is 1. The van der Waals surface area contributed by atoms with Crippen molar-refractivity contribution in [1.29, 1.82) is 0 Å². The van der Waals surface area contributed by atoms with Crippen LogP contribution < -0.4 is 10.1 Å². The predicted octanol–water partition coefficient (Wildman–Crippen LogP) is 3.89. The Kier molecular flexibility index (Phi) is 3.59. The number of hydrogen-bond donors (Lipinski definition) is 1. The minimum Gasteiger partial charge on any atom is -0.492 e. The second-order valence-electron chi connectivity index (χ2n) is 8.24. The topological polar surface area (TPSA) is 58.6 Å². The van der Waals surface area contributed by atoms with E-state index in [1.807, 2.05) is 67.0 Å². The predicted molar refractivity (Wildman–Crippen MR) is 115 cm³/mol. The summed E-state index contributed by atoms with van der Waals surface area (Å²) in [4.78, 5) is 31.2. The van der Waals surface area contributed by atoms with E-state index in [-0.39, 0.29) is 24.2 Å². The fourth-order valence-corrected chi connectivity index (χ4v) is 6.76. The molecule has 0 radical (unpaired) electrons. The molecule has 3 atom stereocenters. The van der Waals surface area contributed by atoms with Gasteiger partial charge in [0.15, 0.2) is 5.78 Å². The van der Waals surface area contributed by atoms with Crippen molar-refractivity contribution in [2.75, 3.05) is 25.5 Å². The van der Waals surface area contributed by atoms with Crippen LogP contribution in [0.4, 0.5) is 5.69 Å². The summed E-state index contributed by atoms with van der Waals surface area (Å²) >= 11 is 1.63. The Bertz CT molecular complexity index is 1190. The van der Waals surface area contributed by atoms with E-state index < -0.39 is 11.0 Å². The third-order valence-electron chi connectivity index (χ3n) is 7.04. The number of Topliss-reactive ketones (excluding diaryl/α,β-unsaturated/α-hetero) is 1. The maximum absolute atomic E-state index is 14.3. The standard InChI is InChI=1S/C24H20N2O3S/c1-26-13-17(20-11-6-12-30-20)23(14-29-19-10-5-2-7-15(19)21(23)27)24(26)16-8-3-4-9-18(16)25-22(24)28/h2-12,17H,13-14H2,1H3,(H,25,28)/t17-,23+,24-/m1/s1. The van der Waals surface area contributed by atoms with Crippen molar-refractivity contribution < 1.29 is 14.3 Å². The zero-order valence-corrected chi connectivity index (χ0v) is 17.2. The first kappa shape index (κ1) is 17.9. The number of carbonyl (C=O) groups excluding carboxylic acids is 2. The first-order chi connectivity index (χ1) is 14.6. The van der Waals surface area contributed by atoms with Crippen molar-refractivity contribution >= 4 is 28.7 Å². The number of carbonyl (C=O) groups is 2. The van der Waals surface area contributed by atoms with Gasteiger partial charge in [0, 0.05) is 28.6 Å². The zero-order valence-electron chi connectivity index (χ0n) is 16.4. The summed E-state index contributed by atoms with van der Waals surface area (Å²) in [5.74, 6) is 0.273. The van der Waals surface area contributed by atoms with E-state index in [1.54, 1.807) is 11.3 Å². The lowest BCUT2D eigenvalue weighted by Crippen LogP contribution is -2.62. The highest BCUT2D eigenvalue weighted by molar-refractivity contribution is 7.10. The van der Waals surface area contributed by atoms with Crippen molar-refractivity contribution in [2.24, 2.45) is 5.41 Å². The van der Waals surface area contributed by atoms with Gasteiger partial charge in [-0.2, -0.15) is 0 Å². The van der Waals surface area contributed by atoms with Crippen LogP contribution in [0.2, 0.25) is 0 Å². The van der Waals surface area contributed by atoms with Gasteiger partial charge in [0.2, 0.25) is 0 Å². The van der Waals surface area contributed by atoms with E-state index in [4.69, 9.17) is 4.74 Å². The number of benzene rings is 2. The Labute approximate surface area is 178 Å². The molecule has 3 aliphatic heterocycles. The monoisotopic (exact) mass is 416 g/mol. The summed E-state index contributed by atoms with van der Waals surface area (Å²) < 4.78 is 6.24. The van der Waals surface area contributed by atoms with E-state index in [0.717, 1.165) is 16.1 Å². The Morgan fingerprint density at radius 1 is 1.07 bits per heavy atom. The van der Waals surface area contributed by atoms with Crippen LogP contribution in [0.1, 0.15) is 26.7 Å². The number of nitrogens with zero attached hydrogens (tertiary/aromatic N) is 1. The number of rotatable bonds is 1. The van der Waals surface area contributed by atoms with Crippen LogP contribution in [0, 0.1) is 5.41 Å². The summed E-state index contributed by atoms with van der Waals surface area (Å²) in [5.41, 5.74) is -0.00203. The van der Waals surface area contributed by atoms with Crippen LogP contribution in [0.25, 0.3) is 0 Å². The third-order valence-corrected chi connectivity index (χ3v) is 8.03. The average molecular weight is 417 g/mol. The van der Waals surface area contributed by atoms with Crippen molar-refractivity contribution in [3.05, 3.63) is 82.0 Å². The molecule has 150 valence electrons. The summed E-state index contributed by atoms with van der Waals surface area (Å²) in [7, 11) is 1.95. The fraction of sp³-hybridized carbons (Fsp3) is 0.250. The second-order valence-corrected chi connectivity index (χ2v) is 9.22. The highest BCUT2D eigenvalue weighted by atomic mass is 32.1. The van der Waals surface area contributed by atoms with Crippen LogP contribution in [0.15, 0.2) is 66.0 Å². The molecule has 3 aromatic rings. The summed E-state index contributed by atoms with van der Waals surface area (Å²) in [6, 6.07) is 19.2. The molecule has 1 N–H and O–H groups in total. The molecule has 2 aromatic carbocycles. The van der Waals surface area contributed by atoms with Crippen LogP contribution >= 0.6 is 11.3 Å². The Morgan fingerprint density at radius 3 is 2.70 bits per heavy atom. The van der Waals surface area contributed by atoms with Crippen LogP contribution in [-0.4, -0.2) is 36.8 Å². The number of thiophene rings is 1. The molecule has 6 heteroatoms. The average Bonchev–Trinajstić information content (AvgIpc) is 3.45. The van der Waals surface area contributed by atoms with Crippen molar-refractivity contribution in [3.8, 4) is 5.75 Å². The first-order valence-electron chi connectivity index (χ1n) is 10.0. The number of likely N-dealkylation sites (N-methyl/N-ethyl adjacent to an activating group) is 1. The molecule has 0 unspecified atom stereocenters. The third kappa shape index (κ3) is 1.91. The normalized spacial score (nSPS) is 29.7. The zero-order chi connectivity index (χ0) is 20.5. The molecule has 1 amide bonds. The van der Waals surface area contributed by atoms with Crippen molar-refractivity contribution in [3.63, 3.8) is 0 Å². The lowest BCUT2D eigenvalue weighted by Gasteiger charge is -2.47. The minimum absolute atomic E-state index is 0.0149. The van der Waals surface area contributed by atoms with Gasteiger partial charge in [-0.3, -0.25) is 14.5 Å². The molecule has 3 aliphatic rings. The van der Waals surface area contributed by atoms with E-state index in [2.05, 4.69) is 16.3 Å². The molecule has 0 aliphatic carbocycles. The molecular formula is C24H20N2O3S. The van der Waals surface area contributed by atoms with Gasteiger partial charge in [0.05, 0.1) is 5.56 Å². The van der Waals surface area contributed by atoms with Gasteiger partial charge < -0.3 is 10.1 Å². The molecule has 1 saturated heterocycles. The van der Waals surface area contributed by atoms with Gasteiger partial charge in [0.1, 0.15) is 23.3 Å². The van der Waals surface area contributed by atoms with Gasteiger partial charge in [-0.25, -0.2) is 0 Å². The number of anilines is 1. The molecule has 0 bridgehead atoms. The molecular weight excluding hydrogens is 396 g/mol. The maximum atomic E-state index is 14.3. The number of likely N-dealkylation sites (tertiary alicyclic amines) is 1. The molecule has 5 nitrogen and oxygen atoms in total. The molecule has 2 spiro atoms. The van der Waals surface area contributed by atoms with Crippen molar-refractivity contribution in [2.45, 2.75) is 11.5 Å². The molecule has 1 fully saturated rings. The van der Waals surface area contributed by atoms with Crippen LogP contribution in [0.3, 0.4) is 0 Å². The summed E-state index contributed by atoms with van der Waals surface area (Å²) in [6.45, 7) is 0.761. The van der Waals surface area contributed by atoms with E-state index in [9.17, 15) is 9.59 Å². The van der Waals surface area contributed by atoms with E-state index in [1.165, 1.54) is 0 Å². The second kappa shape index (κ2) is 6.03. The van der Waals surface area contributed by atoms with Gasteiger partial charge in [-0.15, -0.1) is 11.3 Å². The molecule has 4 heterocycles. The largest absolute Gasteiger partial charge is 0.492 e. The number of fused-ring (bicyclic) bond motifs is 4. The fourth-order valence-electron chi connectivity index (χ4n) is 5.85. The summed E-state index contributed by atoms with van der Waals surface area (Å²) in [5, 5.41) is 5.08. The SMILES string of the molecule is CN1C[C@H](c2cccs2)[C@]2(COc3ccccc3C2=O)[C@@]12C(=O)Nc1ccccc12. The van der Waals surface area contributed by atoms with Gasteiger partial charge in [0.25, 0.3) is 5.91 Å². The van der Waals surface area contributed by atoms with Crippen LogP contribution in [0.5, 0.6) is 5.75 Å². The Morgan fingerprint density at radius 2 is 1.87 bits per heavy atom.